The highest BCUT2D eigenvalue weighted by Crippen LogP contribution is 2.29. The minimum atomic E-state index is -1.92. The van der Waals surface area contributed by atoms with Gasteiger partial charge in [-0.1, -0.05) is 0 Å². The summed E-state index contributed by atoms with van der Waals surface area (Å²) in [7, 11) is 0. The predicted octanol–water partition coefficient (Wildman–Crippen LogP) is -7.57. The van der Waals surface area contributed by atoms with Crippen molar-refractivity contribution in [3.8, 4) is 0 Å². The first-order valence-corrected chi connectivity index (χ1v) is 10.6. The normalized spacial score (nSPS) is 52.5. The second kappa shape index (κ2) is 11.6. The maximum Gasteiger partial charge on any atom is 0.187 e. The predicted molar refractivity (Wildman–Crippen MR) is 101 cm³/mol. The minimum absolute atomic E-state index is 0.593. The third-order valence-corrected chi connectivity index (χ3v) is 6.08. The van der Waals surface area contributed by atoms with Crippen LogP contribution in [0.4, 0.5) is 0 Å². The lowest BCUT2D eigenvalue weighted by Gasteiger charge is -2.45. The summed E-state index contributed by atoms with van der Waals surface area (Å²) in [6.45, 7) is -2.02. The summed E-state index contributed by atoms with van der Waals surface area (Å²) < 4.78 is 26.0. The average Bonchev–Trinajstić information content (AvgIpc) is 2.82. The van der Waals surface area contributed by atoms with Gasteiger partial charge in [0.15, 0.2) is 18.9 Å². The van der Waals surface area contributed by atoms with Crippen molar-refractivity contribution in [1.29, 1.82) is 0 Å². The lowest BCUT2D eigenvalue weighted by atomic mass is 9.97. The zero-order chi connectivity index (χ0) is 25.3. The Morgan fingerprint density at radius 2 is 0.971 bits per heavy atom. The molecule has 1 unspecified atom stereocenters. The van der Waals surface area contributed by atoms with Crippen LogP contribution in [0.1, 0.15) is 0 Å². The molecule has 0 saturated carbocycles. The SMILES string of the molecule is OC[C@H]1O[C@@H](OC[C@H]2OC(O)[C@H](O[C@@H]3O[C@H](CO)[C@H](O)[C@H](O)[C@H]3O)[C@@H](O)[C@H]2O)[C@H](O)[C@@H](O)[C@H]1O. The fourth-order valence-electron chi connectivity index (χ4n) is 3.94. The van der Waals surface area contributed by atoms with Crippen molar-refractivity contribution in [3.63, 3.8) is 0 Å². The van der Waals surface area contributed by atoms with Crippen LogP contribution in [0.15, 0.2) is 0 Å². The monoisotopic (exact) mass is 504 g/mol. The van der Waals surface area contributed by atoms with E-state index in [2.05, 4.69) is 0 Å². The molecule has 0 aromatic rings. The van der Waals surface area contributed by atoms with Crippen LogP contribution in [-0.2, 0) is 23.7 Å². The van der Waals surface area contributed by atoms with E-state index in [0.29, 0.717) is 0 Å². The molecule has 3 fully saturated rings. The molecule has 3 rings (SSSR count). The van der Waals surface area contributed by atoms with Crippen molar-refractivity contribution in [2.24, 2.45) is 0 Å². The van der Waals surface area contributed by atoms with Gasteiger partial charge in [0, 0.05) is 0 Å². The molecule has 0 spiro atoms. The van der Waals surface area contributed by atoms with Gasteiger partial charge in [-0.25, -0.2) is 0 Å². The van der Waals surface area contributed by atoms with Crippen LogP contribution in [0.5, 0.6) is 0 Å². The molecule has 16 nitrogen and oxygen atoms in total. The second-order valence-corrected chi connectivity index (χ2v) is 8.37. The van der Waals surface area contributed by atoms with Crippen LogP contribution >= 0.6 is 0 Å². The van der Waals surface area contributed by atoms with E-state index < -0.39 is 112 Å². The van der Waals surface area contributed by atoms with Gasteiger partial charge in [-0.05, 0) is 0 Å². The summed E-state index contributed by atoms with van der Waals surface area (Å²) in [5.41, 5.74) is 0. The molecule has 34 heavy (non-hydrogen) atoms. The standard InChI is InChI=1S/C18H32O16/c19-1-4-7(21)10(24)13(27)17(32-4)30-3-6-9(23)12(26)15(16(29)31-6)34-18-14(28)11(25)8(22)5(2-20)33-18/h4-29H,1-3H2/t4-,5-,6-,7+,8+,9+,10+,11+,12+,13-,14-,15-,16?,17-,18+/m1/s1. The molecule has 3 saturated heterocycles. The largest absolute Gasteiger partial charge is 0.394 e. The lowest BCUT2D eigenvalue weighted by Crippen LogP contribution is -2.64. The van der Waals surface area contributed by atoms with E-state index in [4.69, 9.17) is 23.7 Å². The highest BCUT2D eigenvalue weighted by molar-refractivity contribution is 4.94. The molecule has 3 aliphatic heterocycles. The maximum atomic E-state index is 10.4. The smallest absolute Gasteiger partial charge is 0.187 e. The molecule has 0 radical (unpaired) electrons. The Kier molecular flexibility index (Phi) is 9.54. The van der Waals surface area contributed by atoms with Gasteiger partial charge in [-0.2, -0.15) is 0 Å². The summed E-state index contributed by atoms with van der Waals surface area (Å²) in [5, 5.41) is 109. The molecule has 3 heterocycles. The van der Waals surface area contributed by atoms with Gasteiger partial charge < -0.3 is 79.9 Å². The Bertz CT molecular complexity index is 635. The van der Waals surface area contributed by atoms with Crippen LogP contribution in [0.2, 0.25) is 0 Å². The number of rotatable bonds is 7. The molecule has 200 valence electrons. The maximum absolute atomic E-state index is 10.4. The van der Waals surface area contributed by atoms with E-state index in [9.17, 15) is 56.2 Å². The average molecular weight is 504 g/mol. The Morgan fingerprint density at radius 3 is 1.50 bits per heavy atom. The molecule has 0 aromatic carbocycles. The lowest BCUT2D eigenvalue weighted by molar-refractivity contribution is -0.366. The first kappa shape index (κ1) is 27.9. The highest BCUT2D eigenvalue weighted by Gasteiger charge is 2.51. The number of aliphatic hydroxyl groups excluding tert-OH is 11. The zero-order valence-corrected chi connectivity index (χ0v) is 17.7. The van der Waals surface area contributed by atoms with Crippen LogP contribution in [0.3, 0.4) is 0 Å². The fraction of sp³-hybridized carbons (Fsp3) is 1.00. The Balaban J connectivity index is 1.59. The molecular weight excluding hydrogens is 472 g/mol. The Hall–Kier alpha value is -0.640. The number of aliphatic hydroxyl groups is 11. The number of hydrogen-bond donors (Lipinski definition) is 11. The van der Waals surface area contributed by atoms with E-state index in [0.717, 1.165) is 0 Å². The van der Waals surface area contributed by atoms with Gasteiger partial charge in [-0.3, -0.25) is 0 Å². The molecule has 16 heteroatoms. The number of hydrogen-bond acceptors (Lipinski definition) is 16. The van der Waals surface area contributed by atoms with Crippen LogP contribution in [-0.4, -0.2) is 168 Å². The van der Waals surface area contributed by atoms with Crippen molar-refractivity contribution in [2.75, 3.05) is 19.8 Å². The van der Waals surface area contributed by atoms with Crippen molar-refractivity contribution in [2.45, 2.75) is 92.1 Å². The van der Waals surface area contributed by atoms with Crippen LogP contribution in [0, 0.1) is 0 Å². The summed E-state index contributed by atoms with van der Waals surface area (Å²) in [6.07, 6.45) is -24.8. The van der Waals surface area contributed by atoms with Gasteiger partial charge in [0.2, 0.25) is 0 Å². The second-order valence-electron chi connectivity index (χ2n) is 8.37. The molecule has 0 amide bonds. The topological polar surface area (TPSA) is 269 Å². The fourth-order valence-corrected chi connectivity index (χ4v) is 3.94. The quantitative estimate of drug-likeness (QED) is 0.154. The third kappa shape index (κ3) is 5.52. The third-order valence-electron chi connectivity index (χ3n) is 6.08. The zero-order valence-electron chi connectivity index (χ0n) is 17.7. The Morgan fingerprint density at radius 1 is 0.500 bits per heavy atom. The number of ether oxygens (including phenoxy) is 5. The van der Waals surface area contributed by atoms with Crippen molar-refractivity contribution < 1.29 is 79.9 Å². The van der Waals surface area contributed by atoms with Crippen molar-refractivity contribution >= 4 is 0 Å². The van der Waals surface area contributed by atoms with Crippen molar-refractivity contribution in [1.82, 2.24) is 0 Å². The van der Waals surface area contributed by atoms with Gasteiger partial charge >= 0.3 is 0 Å². The van der Waals surface area contributed by atoms with Crippen LogP contribution < -0.4 is 0 Å². The minimum Gasteiger partial charge on any atom is -0.394 e. The molecule has 0 aromatic heterocycles. The molecule has 15 atom stereocenters. The molecule has 11 N–H and O–H groups in total. The summed E-state index contributed by atoms with van der Waals surface area (Å²) >= 11 is 0. The molecule has 0 aliphatic carbocycles. The molecular formula is C18H32O16. The van der Waals surface area contributed by atoms with E-state index in [1.807, 2.05) is 0 Å². The van der Waals surface area contributed by atoms with E-state index in [1.54, 1.807) is 0 Å². The van der Waals surface area contributed by atoms with Gasteiger partial charge in [0.05, 0.1) is 19.8 Å². The summed E-state index contributed by atoms with van der Waals surface area (Å²) in [5.74, 6) is 0. The molecule has 3 aliphatic rings. The van der Waals surface area contributed by atoms with Crippen molar-refractivity contribution in [3.05, 3.63) is 0 Å². The van der Waals surface area contributed by atoms with Gasteiger partial charge in [-0.15, -0.1) is 0 Å². The van der Waals surface area contributed by atoms with E-state index in [-0.39, 0.29) is 0 Å². The van der Waals surface area contributed by atoms with Gasteiger partial charge in [0.25, 0.3) is 0 Å². The van der Waals surface area contributed by atoms with Crippen LogP contribution in [0.25, 0.3) is 0 Å². The first-order valence-electron chi connectivity index (χ1n) is 10.6. The molecule has 0 bridgehead atoms. The Labute approximate surface area is 192 Å². The van der Waals surface area contributed by atoms with E-state index >= 15 is 0 Å². The van der Waals surface area contributed by atoms with Gasteiger partial charge in [0.1, 0.15) is 73.2 Å². The first-order chi connectivity index (χ1) is 16.0. The summed E-state index contributed by atoms with van der Waals surface area (Å²) in [6, 6.07) is 0. The van der Waals surface area contributed by atoms with E-state index in [1.165, 1.54) is 0 Å². The summed E-state index contributed by atoms with van der Waals surface area (Å²) in [4.78, 5) is 0. The highest BCUT2D eigenvalue weighted by atomic mass is 16.7.